The zero-order chi connectivity index (χ0) is 7.98. The molecule has 1 heteroatoms. The molecule has 0 saturated carbocycles. The quantitative estimate of drug-likeness (QED) is 0.515. The molecule has 1 rings (SSSR count). The third kappa shape index (κ3) is 2.44. The van der Waals surface area contributed by atoms with E-state index in [1.165, 1.54) is 0 Å². The standard InChI is InChI=1S/C7H7N.C2H6/c1-6-4-3-5-8-7(6)2;1-2/h3-5H,1-2H2;1-2H3. The molecule has 1 aromatic heterocycles. The number of aromatic nitrogens is 1. The predicted octanol–water partition coefficient (Wildman–Crippen LogP) is 0.928. The van der Waals surface area contributed by atoms with Gasteiger partial charge in [0.2, 0.25) is 0 Å². The molecule has 0 aliphatic rings. The van der Waals surface area contributed by atoms with Gasteiger partial charge in [-0.3, -0.25) is 4.98 Å². The van der Waals surface area contributed by atoms with E-state index in [4.69, 9.17) is 0 Å². The zero-order valence-corrected chi connectivity index (χ0v) is 6.59. The van der Waals surface area contributed by atoms with E-state index in [0.29, 0.717) is 0 Å². The molecule has 0 aliphatic carbocycles. The van der Waals surface area contributed by atoms with E-state index in [1.54, 1.807) is 6.20 Å². The van der Waals surface area contributed by atoms with Crippen LogP contribution in [0.4, 0.5) is 0 Å². The maximum atomic E-state index is 3.91. The fraction of sp³-hybridized carbons (Fsp3) is 0.222. The fourth-order valence-electron chi connectivity index (χ4n) is 0.471. The molecule has 0 bridgehead atoms. The molecule has 0 aliphatic heterocycles. The van der Waals surface area contributed by atoms with Gasteiger partial charge in [0.05, 0.1) is 5.35 Å². The predicted molar refractivity (Wildman–Crippen MR) is 45.9 cm³/mol. The number of rotatable bonds is 0. The summed E-state index contributed by atoms with van der Waals surface area (Å²) in [5, 5.41) is 1.65. The minimum atomic E-state index is 0.757. The van der Waals surface area contributed by atoms with E-state index in [1.807, 2.05) is 26.0 Å². The Morgan fingerprint density at radius 3 is 2.20 bits per heavy atom. The van der Waals surface area contributed by atoms with Crippen LogP contribution in [0.1, 0.15) is 13.8 Å². The summed E-state index contributed by atoms with van der Waals surface area (Å²) in [5.74, 6) is 0. The third-order valence-electron chi connectivity index (χ3n) is 0.985. The maximum Gasteiger partial charge on any atom is 0.0624 e. The topological polar surface area (TPSA) is 12.9 Å². The molecule has 0 radical (unpaired) electrons. The van der Waals surface area contributed by atoms with Gasteiger partial charge in [0, 0.05) is 6.20 Å². The van der Waals surface area contributed by atoms with Crippen molar-refractivity contribution in [2.75, 3.05) is 0 Å². The van der Waals surface area contributed by atoms with Gasteiger partial charge in [-0.25, -0.2) is 0 Å². The average Bonchev–Trinajstić information content (AvgIpc) is 2.00. The summed E-state index contributed by atoms with van der Waals surface area (Å²) >= 11 is 0. The van der Waals surface area contributed by atoms with Crippen molar-refractivity contribution >= 4 is 13.2 Å². The molecule has 54 valence electrons. The molecular weight excluding hydrogens is 122 g/mol. The molecule has 1 aromatic rings. The van der Waals surface area contributed by atoms with Crippen molar-refractivity contribution in [1.29, 1.82) is 0 Å². The fourth-order valence-corrected chi connectivity index (χ4v) is 0.471. The van der Waals surface area contributed by atoms with Crippen molar-refractivity contribution in [3.8, 4) is 0 Å². The van der Waals surface area contributed by atoms with E-state index in [2.05, 4.69) is 18.1 Å². The summed E-state index contributed by atoms with van der Waals surface area (Å²) in [6.07, 6.45) is 1.71. The average molecular weight is 135 g/mol. The van der Waals surface area contributed by atoms with Crippen molar-refractivity contribution in [3.05, 3.63) is 28.9 Å². The second kappa shape index (κ2) is 4.74. The Kier molecular flexibility index (Phi) is 4.21. The molecular formula is C9H13N. The van der Waals surface area contributed by atoms with E-state index in [9.17, 15) is 0 Å². The second-order valence-corrected chi connectivity index (χ2v) is 1.61. The van der Waals surface area contributed by atoms with Crippen LogP contribution >= 0.6 is 0 Å². The van der Waals surface area contributed by atoms with Gasteiger partial charge in [-0.1, -0.05) is 33.1 Å². The smallest absolute Gasteiger partial charge is 0.0624 e. The minimum Gasteiger partial charge on any atom is -0.257 e. The molecule has 0 amide bonds. The second-order valence-electron chi connectivity index (χ2n) is 1.61. The van der Waals surface area contributed by atoms with E-state index in [0.717, 1.165) is 10.6 Å². The first-order chi connectivity index (χ1) is 4.80. The van der Waals surface area contributed by atoms with Crippen LogP contribution in [-0.2, 0) is 0 Å². The van der Waals surface area contributed by atoms with Crippen LogP contribution in [0.15, 0.2) is 18.3 Å². The van der Waals surface area contributed by atoms with Gasteiger partial charge in [0.1, 0.15) is 0 Å². The highest BCUT2D eigenvalue weighted by molar-refractivity contribution is 5.08. The maximum absolute atomic E-state index is 3.91. The highest BCUT2D eigenvalue weighted by atomic mass is 14.6. The summed E-state index contributed by atoms with van der Waals surface area (Å²) in [5.41, 5.74) is 0. The van der Waals surface area contributed by atoms with E-state index >= 15 is 0 Å². The third-order valence-corrected chi connectivity index (χ3v) is 0.985. The highest BCUT2D eigenvalue weighted by Crippen LogP contribution is 1.60. The Morgan fingerprint density at radius 2 is 1.90 bits per heavy atom. The van der Waals surface area contributed by atoms with Crippen LogP contribution in [-0.4, -0.2) is 4.98 Å². The summed E-state index contributed by atoms with van der Waals surface area (Å²) in [4.78, 5) is 3.91. The first-order valence-corrected chi connectivity index (χ1v) is 3.39. The summed E-state index contributed by atoms with van der Waals surface area (Å²) in [7, 11) is 0. The largest absolute Gasteiger partial charge is 0.257 e. The Labute approximate surface area is 61.7 Å². The molecule has 0 N–H and O–H groups in total. The first-order valence-electron chi connectivity index (χ1n) is 3.39. The summed E-state index contributed by atoms with van der Waals surface area (Å²) in [6.45, 7) is 11.3. The normalized spacial score (nSPS) is 7.80. The summed E-state index contributed by atoms with van der Waals surface area (Å²) < 4.78 is 0. The molecule has 1 heterocycles. The minimum absolute atomic E-state index is 0.757. The Hall–Kier alpha value is -1.11. The first kappa shape index (κ1) is 8.89. The molecule has 10 heavy (non-hydrogen) atoms. The lowest BCUT2D eigenvalue weighted by Crippen LogP contribution is -2.23. The van der Waals surface area contributed by atoms with Gasteiger partial charge in [-0.05, 0) is 11.3 Å². The Bertz CT molecular complexity index is 235. The van der Waals surface area contributed by atoms with Gasteiger partial charge in [0.25, 0.3) is 0 Å². The number of pyridine rings is 1. The van der Waals surface area contributed by atoms with Crippen molar-refractivity contribution in [1.82, 2.24) is 4.98 Å². The van der Waals surface area contributed by atoms with Gasteiger partial charge in [0.15, 0.2) is 0 Å². The van der Waals surface area contributed by atoms with Crippen LogP contribution in [0.3, 0.4) is 0 Å². The van der Waals surface area contributed by atoms with Gasteiger partial charge in [-0.2, -0.15) is 0 Å². The SMILES string of the molecule is C=c1cccnc1=C.CC. The molecule has 0 spiro atoms. The lowest BCUT2D eigenvalue weighted by molar-refractivity contribution is 1.23. The lowest BCUT2D eigenvalue weighted by Gasteiger charge is -1.79. The van der Waals surface area contributed by atoms with Gasteiger partial charge in [-0.15, -0.1) is 0 Å². The van der Waals surface area contributed by atoms with Crippen LogP contribution in [0.5, 0.6) is 0 Å². The Balaban J connectivity index is 0.000000371. The van der Waals surface area contributed by atoms with E-state index < -0.39 is 0 Å². The van der Waals surface area contributed by atoms with Gasteiger partial charge < -0.3 is 0 Å². The molecule has 1 nitrogen and oxygen atoms in total. The van der Waals surface area contributed by atoms with Crippen LogP contribution in [0.25, 0.3) is 13.2 Å². The van der Waals surface area contributed by atoms with Crippen LogP contribution in [0.2, 0.25) is 0 Å². The van der Waals surface area contributed by atoms with Gasteiger partial charge >= 0.3 is 0 Å². The number of hydrogen-bond acceptors (Lipinski definition) is 1. The van der Waals surface area contributed by atoms with Crippen LogP contribution < -0.4 is 10.6 Å². The zero-order valence-electron chi connectivity index (χ0n) is 6.59. The van der Waals surface area contributed by atoms with Crippen molar-refractivity contribution in [2.24, 2.45) is 0 Å². The number of hydrogen-bond donors (Lipinski definition) is 0. The van der Waals surface area contributed by atoms with E-state index in [-0.39, 0.29) is 0 Å². The molecule has 0 fully saturated rings. The van der Waals surface area contributed by atoms with Crippen molar-refractivity contribution in [2.45, 2.75) is 13.8 Å². The number of nitrogens with zero attached hydrogens (tertiary/aromatic N) is 1. The molecule has 0 atom stereocenters. The monoisotopic (exact) mass is 135 g/mol. The van der Waals surface area contributed by atoms with Crippen molar-refractivity contribution < 1.29 is 0 Å². The molecule has 0 aromatic carbocycles. The highest BCUT2D eigenvalue weighted by Gasteiger charge is 1.72. The summed E-state index contributed by atoms with van der Waals surface area (Å²) in [6, 6.07) is 3.73. The Morgan fingerprint density at radius 1 is 1.30 bits per heavy atom. The lowest BCUT2D eigenvalue weighted by atomic mass is 10.4. The van der Waals surface area contributed by atoms with Crippen LogP contribution in [0, 0.1) is 0 Å². The molecule has 0 unspecified atom stereocenters. The molecule has 0 saturated heterocycles. The van der Waals surface area contributed by atoms with Crippen molar-refractivity contribution in [3.63, 3.8) is 0 Å².